The Hall–Kier alpha value is -2.58. The van der Waals surface area contributed by atoms with Crippen molar-refractivity contribution in [3.63, 3.8) is 0 Å². The highest BCUT2D eigenvalue weighted by atomic mass is 32.1. The Morgan fingerprint density at radius 2 is 1.12 bits per heavy atom. The van der Waals surface area contributed by atoms with E-state index in [0.29, 0.717) is 0 Å². The highest BCUT2D eigenvalue weighted by Gasteiger charge is 2.03. The average Bonchev–Trinajstić information content (AvgIpc) is 3.51. The van der Waals surface area contributed by atoms with Crippen LogP contribution in [0.15, 0.2) is 77.5 Å². The molecular formula is C38H50OS. The SMILES string of the molecule is CCCCCCCCc1ccc(-c2ccc3cc(OCCCCCCCCCCc4ccsc4)ccc3c2)cc1. The van der Waals surface area contributed by atoms with Crippen molar-refractivity contribution < 1.29 is 4.74 Å². The molecular weight excluding hydrogens is 504 g/mol. The molecule has 1 aromatic heterocycles. The molecule has 0 saturated carbocycles. The van der Waals surface area contributed by atoms with Crippen molar-refractivity contribution in [2.24, 2.45) is 0 Å². The standard InChI is InChI=1S/C38H50OS/c1-2-3-4-5-10-13-16-32-18-20-34(21-19-32)35-22-23-37-30-38(25-24-36(37)29-35)39-27-15-12-9-7-6-8-11-14-17-33-26-28-40-31-33/h18-26,28-31H,2-17,27H2,1H3. The first-order chi connectivity index (χ1) is 19.8. The van der Waals surface area contributed by atoms with Crippen molar-refractivity contribution in [1.29, 1.82) is 0 Å². The largest absolute Gasteiger partial charge is 0.494 e. The maximum atomic E-state index is 6.10. The van der Waals surface area contributed by atoms with E-state index in [1.165, 1.54) is 129 Å². The summed E-state index contributed by atoms with van der Waals surface area (Å²) in [4.78, 5) is 0. The van der Waals surface area contributed by atoms with Gasteiger partial charge in [0.2, 0.25) is 0 Å². The molecule has 3 aromatic carbocycles. The lowest BCUT2D eigenvalue weighted by atomic mass is 9.98. The molecule has 0 saturated heterocycles. The van der Waals surface area contributed by atoms with Crippen molar-refractivity contribution >= 4 is 22.1 Å². The van der Waals surface area contributed by atoms with Gasteiger partial charge in [0.25, 0.3) is 0 Å². The minimum Gasteiger partial charge on any atom is -0.494 e. The number of fused-ring (bicyclic) bond motifs is 1. The summed E-state index contributed by atoms with van der Waals surface area (Å²) >= 11 is 1.81. The van der Waals surface area contributed by atoms with Crippen LogP contribution in [0.4, 0.5) is 0 Å². The van der Waals surface area contributed by atoms with Gasteiger partial charge >= 0.3 is 0 Å². The number of thiophene rings is 1. The third kappa shape index (κ3) is 10.8. The zero-order valence-electron chi connectivity index (χ0n) is 24.8. The zero-order valence-corrected chi connectivity index (χ0v) is 25.7. The first kappa shape index (κ1) is 30.4. The van der Waals surface area contributed by atoms with Gasteiger partial charge in [0, 0.05) is 0 Å². The van der Waals surface area contributed by atoms with Crippen LogP contribution in [0, 0.1) is 0 Å². The molecule has 0 aliphatic heterocycles. The fourth-order valence-electron chi connectivity index (χ4n) is 5.58. The summed E-state index contributed by atoms with van der Waals surface area (Å²) in [6.45, 7) is 3.10. The molecule has 0 N–H and O–H groups in total. The summed E-state index contributed by atoms with van der Waals surface area (Å²) in [5.74, 6) is 0.991. The Kier molecular flexibility index (Phi) is 13.7. The van der Waals surface area contributed by atoms with Gasteiger partial charge < -0.3 is 4.74 Å². The summed E-state index contributed by atoms with van der Waals surface area (Å²) in [6.07, 6.45) is 21.1. The minimum absolute atomic E-state index is 0.815. The Bertz CT molecular complexity index is 1210. The number of ether oxygens (including phenoxy) is 1. The van der Waals surface area contributed by atoms with Crippen molar-refractivity contribution in [1.82, 2.24) is 0 Å². The third-order valence-corrected chi connectivity index (χ3v) is 8.86. The first-order valence-electron chi connectivity index (χ1n) is 16.1. The molecule has 0 atom stereocenters. The van der Waals surface area contributed by atoms with Crippen LogP contribution in [0.3, 0.4) is 0 Å². The molecule has 1 nitrogen and oxygen atoms in total. The second-order valence-electron chi connectivity index (χ2n) is 11.5. The number of benzene rings is 3. The number of hydrogen-bond acceptors (Lipinski definition) is 2. The van der Waals surface area contributed by atoms with Crippen LogP contribution < -0.4 is 4.74 Å². The smallest absolute Gasteiger partial charge is 0.119 e. The van der Waals surface area contributed by atoms with E-state index in [1.54, 1.807) is 0 Å². The molecule has 214 valence electrons. The second kappa shape index (κ2) is 18.0. The molecule has 40 heavy (non-hydrogen) atoms. The van der Waals surface area contributed by atoms with E-state index in [2.05, 4.69) is 84.4 Å². The second-order valence-corrected chi connectivity index (χ2v) is 12.3. The Labute approximate surface area is 248 Å². The molecule has 4 rings (SSSR count). The molecule has 0 amide bonds. The van der Waals surface area contributed by atoms with Gasteiger partial charge in [0.05, 0.1) is 6.61 Å². The van der Waals surface area contributed by atoms with E-state index in [4.69, 9.17) is 4.74 Å². The topological polar surface area (TPSA) is 9.23 Å². The summed E-state index contributed by atoms with van der Waals surface area (Å²) in [7, 11) is 0. The molecule has 0 bridgehead atoms. The predicted octanol–water partition coefficient (Wildman–Crippen LogP) is 12.2. The first-order valence-corrected chi connectivity index (χ1v) is 17.0. The maximum absolute atomic E-state index is 6.10. The van der Waals surface area contributed by atoms with Gasteiger partial charge in [0.15, 0.2) is 0 Å². The number of aryl methyl sites for hydroxylation is 2. The maximum Gasteiger partial charge on any atom is 0.119 e. The molecule has 0 fully saturated rings. The van der Waals surface area contributed by atoms with Crippen LogP contribution in [0.2, 0.25) is 0 Å². The molecule has 0 radical (unpaired) electrons. The average molecular weight is 555 g/mol. The van der Waals surface area contributed by atoms with Gasteiger partial charge in [-0.2, -0.15) is 11.3 Å². The van der Waals surface area contributed by atoms with Crippen molar-refractivity contribution in [2.45, 2.75) is 110 Å². The zero-order chi connectivity index (χ0) is 27.7. The Balaban J connectivity index is 1.10. The normalized spacial score (nSPS) is 11.3. The molecule has 1 heterocycles. The highest BCUT2D eigenvalue weighted by Crippen LogP contribution is 2.28. The molecule has 0 spiro atoms. The van der Waals surface area contributed by atoms with Gasteiger partial charge in [-0.1, -0.05) is 120 Å². The summed E-state index contributed by atoms with van der Waals surface area (Å²) in [5, 5.41) is 7.00. The van der Waals surface area contributed by atoms with Crippen LogP contribution in [-0.4, -0.2) is 6.61 Å². The van der Waals surface area contributed by atoms with Gasteiger partial charge in [-0.05, 0) is 100 Å². The number of rotatable bonds is 20. The van der Waals surface area contributed by atoms with Crippen molar-refractivity contribution in [2.75, 3.05) is 6.61 Å². The van der Waals surface area contributed by atoms with Crippen molar-refractivity contribution in [3.8, 4) is 16.9 Å². The quantitative estimate of drug-likeness (QED) is 0.0987. The predicted molar refractivity (Wildman–Crippen MR) is 177 cm³/mol. The van der Waals surface area contributed by atoms with Crippen LogP contribution in [0.25, 0.3) is 21.9 Å². The van der Waals surface area contributed by atoms with Gasteiger partial charge in [0.1, 0.15) is 5.75 Å². The van der Waals surface area contributed by atoms with E-state index in [-0.39, 0.29) is 0 Å². The van der Waals surface area contributed by atoms with Crippen LogP contribution in [0.5, 0.6) is 5.75 Å². The van der Waals surface area contributed by atoms with Crippen LogP contribution in [0.1, 0.15) is 108 Å². The summed E-state index contributed by atoms with van der Waals surface area (Å²) < 4.78 is 6.10. The fourth-order valence-corrected chi connectivity index (χ4v) is 6.29. The van der Waals surface area contributed by atoms with E-state index in [1.807, 2.05) is 11.3 Å². The van der Waals surface area contributed by atoms with E-state index >= 15 is 0 Å². The Morgan fingerprint density at radius 3 is 1.82 bits per heavy atom. The monoisotopic (exact) mass is 554 g/mol. The summed E-state index contributed by atoms with van der Waals surface area (Å²) in [5.41, 5.74) is 5.56. The van der Waals surface area contributed by atoms with Gasteiger partial charge in [-0.15, -0.1) is 0 Å². The highest BCUT2D eigenvalue weighted by molar-refractivity contribution is 7.07. The lowest BCUT2D eigenvalue weighted by Gasteiger charge is -2.09. The van der Waals surface area contributed by atoms with E-state index in [0.717, 1.165) is 18.8 Å². The van der Waals surface area contributed by atoms with Crippen molar-refractivity contribution in [3.05, 3.63) is 88.6 Å². The lowest BCUT2D eigenvalue weighted by molar-refractivity contribution is 0.304. The summed E-state index contributed by atoms with van der Waals surface area (Å²) in [6, 6.07) is 24.8. The third-order valence-electron chi connectivity index (χ3n) is 8.13. The molecule has 4 aromatic rings. The van der Waals surface area contributed by atoms with E-state index < -0.39 is 0 Å². The van der Waals surface area contributed by atoms with Crippen LogP contribution in [-0.2, 0) is 12.8 Å². The van der Waals surface area contributed by atoms with Gasteiger partial charge in [-0.3, -0.25) is 0 Å². The molecule has 0 aliphatic carbocycles. The molecule has 2 heteroatoms. The molecule has 0 unspecified atom stereocenters. The minimum atomic E-state index is 0.815. The fraction of sp³-hybridized carbons (Fsp3) is 0.474. The van der Waals surface area contributed by atoms with Gasteiger partial charge in [-0.25, -0.2) is 0 Å². The number of hydrogen-bond donors (Lipinski definition) is 0. The Morgan fingerprint density at radius 1 is 0.525 bits per heavy atom. The molecule has 0 aliphatic rings. The number of unbranched alkanes of at least 4 members (excludes halogenated alkanes) is 12. The lowest BCUT2D eigenvalue weighted by Crippen LogP contribution is -1.97. The van der Waals surface area contributed by atoms with E-state index in [9.17, 15) is 0 Å². The van der Waals surface area contributed by atoms with Crippen LogP contribution >= 0.6 is 11.3 Å².